The Morgan fingerprint density at radius 3 is 2.59 bits per heavy atom. The van der Waals surface area contributed by atoms with E-state index in [9.17, 15) is 26.7 Å². The van der Waals surface area contributed by atoms with Crippen LogP contribution in [-0.2, 0) is 16.2 Å². The minimum Gasteiger partial charge on any atom is -0.388 e. The smallest absolute Gasteiger partial charge is 0.388 e. The quantitative estimate of drug-likeness (QED) is 0.688. The molecule has 1 aliphatic heterocycles. The first-order chi connectivity index (χ1) is 12.4. The maximum absolute atomic E-state index is 13.5. The van der Waals surface area contributed by atoms with Gasteiger partial charge in [-0.2, -0.15) is 18.4 Å². The first-order valence-electron chi connectivity index (χ1n) is 7.88. The summed E-state index contributed by atoms with van der Waals surface area (Å²) in [5, 5.41) is 28.2. The van der Waals surface area contributed by atoms with Gasteiger partial charge in [-0.25, -0.2) is 13.6 Å². The standard InChI is InChI=1S/C14H17F3N6O3S/c1-13(24)5-2-6-23(7-13)9-4-3-8(14(15,16)17)11(27(18,25)26)10(9)12-19-21-22-20-12/h3-4,24H,2,5-7H2,1H3,(H2,18,25,26)(H,19,20,21,22). The number of halogens is 3. The van der Waals surface area contributed by atoms with Gasteiger partial charge < -0.3 is 10.0 Å². The number of nitrogens with two attached hydrogens (primary N) is 1. The van der Waals surface area contributed by atoms with Gasteiger partial charge in [0.05, 0.1) is 16.7 Å². The topological polar surface area (TPSA) is 138 Å². The van der Waals surface area contributed by atoms with Crippen LogP contribution in [0.2, 0.25) is 0 Å². The molecular weight excluding hydrogens is 389 g/mol. The van der Waals surface area contributed by atoms with Crippen LogP contribution in [0.1, 0.15) is 25.3 Å². The Morgan fingerprint density at radius 2 is 2.07 bits per heavy atom. The number of hydrogen-bond donors (Lipinski definition) is 3. The van der Waals surface area contributed by atoms with E-state index in [4.69, 9.17) is 5.14 Å². The Balaban J connectivity index is 2.33. The predicted octanol–water partition coefficient (Wildman–Crippen LogP) is 0.884. The molecule has 13 heteroatoms. The number of aromatic amines is 1. The van der Waals surface area contributed by atoms with Crippen molar-refractivity contribution in [2.45, 2.75) is 36.4 Å². The molecule has 0 radical (unpaired) electrons. The number of aliphatic hydroxyl groups is 1. The average molecular weight is 406 g/mol. The molecule has 0 saturated carbocycles. The summed E-state index contributed by atoms with van der Waals surface area (Å²) in [7, 11) is -4.79. The van der Waals surface area contributed by atoms with Gasteiger partial charge >= 0.3 is 6.18 Å². The van der Waals surface area contributed by atoms with E-state index in [2.05, 4.69) is 20.6 Å². The summed E-state index contributed by atoms with van der Waals surface area (Å²) in [4.78, 5) is 0.462. The van der Waals surface area contributed by atoms with Crippen molar-refractivity contribution in [2.75, 3.05) is 18.0 Å². The fraction of sp³-hybridized carbons (Fsp3) is 0.500. The molecule has 1 atom stereocenters. The van der Waals surface area contributed by atoms with Gasteiger partial charge in [0.15, 0.2) is 0 Å². The van der Waals surface area contributed by atoms with Crippen LogP contribution in [-0.4, -0.2) is 52.8 Å². The monoisotopic (exact) mass is 406 g/mol. The van der Waals surface area contributed by atoms with Crippen LogP contribution in [0.3, 0.4) is 0 Å². The molecule has 1 aromatic carbocycles. The number of benzene rings is 1. The third-order valence-corrected chi connectivity index (χ3v) is 5.30. The lowest BCUT2D eigenvalue weighted by atomic mass is 9.94. The molecule has 148 valence electrons. The summed E-state index contributed by atoms with van der Waals surface area (Å²) >= 11 is 0. The van der Waals surface area contributed by atoms with Gasteiger partial charge in [-0.3, -0.25) is 0 Å². The second kappa shape index (κ2) is 6.42. The molecule has 1 fully saturated rings. The van der Waals surface area contributed by atoms with Crippen LogP contribution in [0.15, 0.2) is 17.0 Å². The summed E-state index contributed by atoms with van der Waals surface area (Å²) in [6.45, 7) is 2.08. The molecule has 0 amide bonds. The molecule has 0 aliphatic carbocycles. The van der Waals surface area contributed by atoms with Gasteiger partial charge in [0.25, 0.3) is 0 Å². The third-order valence-electron chi connectivity index (χ3n) is 4.31. The highest BCUT2D eigenvalue weighted by molar-refractivity contribution is 7.89. The number of primary sulfonamides is 1. The minimum atomic E-state index is -4.97. The second-order valence-corrected chi connectivity index (χ2v) is 8.13. The molecule has 3 rings (SSSR count). The van der Waals surface area contributed by atoms with Gasteiger partial charge in [0.1, 0.15) is 4.90 Å². The van der Waals surface area contributed by atoms with Gasteiger partial charge in [-0.15, -0.1) is 10.2 Å². The van der Waals surface area contributed by atoms with Crippen molar-refractivity contribution in [2.24, 2.45) is 5.14 Å². The predicted molar refractivity (Wildman–Crippen MR) is 88.1 cm³/mol. The molecule has 1 aromatic heterocycles. The van der Waals surface area contributed by atoms with Crippen LogP contribution < -0.4 is 10.0 Å². The van der Waals surface area contributed by atoms with Gasteiger partial charge in [-0.05, 0) is 37.1 Å². The van der Waals surface area contributed by atoms with Crippen LogP contribution in [0, 0.1) is 0 Å². The number of sulfonamides is 1. The van der Waals surface area contributed by atoms with Gasteiger partial charge in [-0.1, -0.05) is 0 Å². The molecule has 2 aromatic rings. The number of anilines is 1. The molecule has 0 spiro atoms. The van der Waals surface area contributed by atoms with E-state index in [1.54, 1.807) is 11.8 Å². The fourth-order valence-corrected chi connectivity index (χ4v) is 4.23. The highest BCUT2D eigenvalue weighted by Gasteiger charge is 2.41. The zero-order valence-electron chi connectivity index (χ0n) is 14.2. The van der Waals surface area contributed by atoms with Crippen molar-refractivity contribution < 1.29 is 26.7 Å². The number of rotatable bonds is 3. The van der Waals surface area contributed by atoms with Crippen LogP contribution in [0.4, 0.5) is 18.9 Å². The molecule has 4 N–H and O–H groups in total. The number of aromatic nitrogens is 4. The Hall–Kier alpha value is -2.25. The second-order valence-electron chi connectivity index (χ2n) is 6.64. The van der Waals surface area contributed by atoms with E-state index >= 15 is 0 Å². The number of piperidine rings is 1. The van der Waals surface area contributed by atoms with Gasteiger partial charge in [0.2, 0.25) is 15.8 Å². The number of β-amino-alcohol motifs (C(OH)–C–C–N with tert-alkyl or cyclic N) is 1. The average Bonchev–Trinajstić information content (AvgIpc) is 3.05. The SMILES string of the molecule is CC1(O)CCCN(c2ccc(C(F)(F)F)c(S(N)(=O)=O)c2-c2nn[nH]n2)C1. The summed E-state index contributed by atoms with van der Waals surface area (Å²) in [6, 6.07) is 1.78. The highest BCUT2D eigenvalue weighted by Crippen LogP contribution is 2.43. The van der Waals surface area contributed by atoms with Gasteiger partial charge in [0, 0.05) is 18.8 Å². The summed E-state index contributed by atoms with van der Waals surface area (Å²) in [5.41, 5.74) is -2.79. The molecule has 1 unspecified atom stereocenters. The number of nitrogens with zero attached hydrogens (tertiary/aromatic N) is 4. The van der Waals surface area contributed by atoms with E-state index in [1.807, 2.05) is 0 Å². The third kappa shape index (κ3) is 3.89. The summed E-state index contributed by atoms with van der Waals surface area (Å²) in [6.07, 6.45) is -3.90. The summed E-state index contributed by atoms with van der Waals surface area (Å²) < 4.78 is 64.6. The Labute approximate surface area is 152 Å². The highest BCUT2D eigenvalue weighted by atomic mass is 32.2. The normalized spacial score (nSPS) is 21.5. The van der Waals surface area contributed by atoms with Crippen molar-refractivity contribution in [1.29, 1.82) is 0 Å². The van der Waals surface area contributed by atoms with E-state index < -0.39 is 37.8 Å². The van der Waals surface area contributed by atoms with Crippen molar-refractivity contribution in [3.63, 3.8) is 0 Å². The van der Waals surface area contributed by atoms with Crippen LogP contribution in [0.5, 0.6) is 0 Å². The zero-order valence-corrected chi connectivity index (χ0v) is 15.0. The van der Waals surface area contributed by atoms with E-state index in [-0.39, 0.29) is 18.1 Å². The Kier molecular flexibility index (Phi) is 4.64. The van der Waals surface area contributed by atoms with E-state index in [1.165, 1.54) is 0 Å². The van der Waals surface area contributed by atoms with Crippen LogP contribution in [0.25, 0.3) is 11.4 Å². The van der Waals surface area contributed by atoms with Crippen molar-refractivity contribution in [3.8, 4) is 11.4 Å². The van der Waals surface area contributed by atoms with Crippen molar-refractivity contribution in [3.05, 3.63) is 17.7 Å². The zero-order chi connectivity index (χ0) is 20.0. The first kappa shape index (κ1) is 19.5. The Bertz CT molecular complexity index is 944. The Morgan fingerprint density at radius 1 is 1.37 bits per heavy atom. The number of tetrazole rings is 1. The lowest BCUT2D eigenvalue weighted by Gasteiger charge is -2.39. The van der Waals surface area contributed by atoms with E-state index in [0.29, 0.717) is 25.5 Å². The van der Waals surface area contributed by atoms with Crippen molar-refractivity contribution in [1.82, 2.24) is 20.6 Å². The molecule has 27 heavy (non-hydrogen) atoms. The number of alkyl halides is 3. The lowest BCUT2D eigenvalue weighted by molar-refractivity contribution is -0.139. The first-order valence-corrected chi connectivity index (χ1v) is 9.43. The summed E-state index contributed by atoms with van der Waals surface area (Å²) in [5.74, 6) is -0.342. The molecule has 1 aliphatic rings. The van der Waals surface area contributed by atoms with E-state index in [0.717, 1.165) is 6.07 Å². The lowest BCUT2D eigenvalue weighted by Crippen LogP contribution is -2.46. The maximum Gasteiger partial charge on any atom is 0.417 e. The molecule has 0 bridgehead atoms. The fourth-order valence-electron chi connectivity index (χ4n) is 3.26. The molecule has 1 saturated heterocycles. The molecule has 9 nitrogen and oxygen atoms in total. The maximum atomic E-state index is 13.5. The minimum absolute atomic E-state index is 0.0906. The molecule has 2 heterocycles. The number of H-pyrrole nitrogens is 1. The number of hydrogen-bond acceptors (Lipinski definition) is 7. The van der Waals surface area contributed by atoms with Crippen molar-refractivity contribution >= 4 is 15.7 Å². The molecular formula is C14H17F3N6O3S. The van der Waals surface area contributed by atoms with Crippen LogP contribution >= 0.6 is 0 Å². The largest absolute Gasteiger partial charge is 0.417 e. The number of nitrogens with one attached hydrogen (secondary N) is 1.